The van der Waals surface area contributed by atoms with E-state index in [0.29, 0.717) is 6.07 Å². The maximum atomic E-state index is 12.7. The van der Waals surface area contributed by atoms with Gasteiger partial charge in [0.25, 0.3) is 5.69 Å². The van der Waals surface area contributed by atoms with E-state index in [1.807, 2.05) is 0 Å². The number of nitro groups is 1. The molecule has 1 aromatic heterocycles. The van der Waals surface area contributed by atoms with Gasteiger partial charge in [-0.1, -0.05) is 16.8 Å². The van der Waals surface area contributed by atoms with E-state index in [1.165, 1.54) is 6.07 Å². The number of hydrogen-bond donors (Lipinski definition) is 0. The summed E-state index contributed by atoms with van der Waals surface area (Å²) in [5, 5.41) is 25.2. The molecule has 3 rings (SSSR count). The fraction of sp³-hybridized carbons (Fsp3) is 0.0588. The number of nitro benzene ring substituents is 1. The molecule has 0 saturated carbocycles. The molecule has 0 bridgehead atoms. The molecule has 0 spiro atoms. The van der Waals surface area contributed by atoms with Crippen LogP contribution in [0.25, 0.3) is 11.3 Å². The Hall–Kier alpha value is -2.60. The second-order valence-electron chi connectivity index (χ2n) is 5.54. The van der Waals surface area contributed by atoms with Crippen LogP contribution in [0.5, 0.6) is 11.5 Å². The summed E-state index contributed by atoms with van der Waals surface area (Å²) in [7, 11) is 0. The molecule has 0 unspecified atom stereocenters. The number of carboxylic acids is 1. The van der Waals surface area contributed by atoms with Gasteiger partial charge in [-0.25, -0.2) is 0 Å². The van der Waals surface area contributed by atoms with Crippen molar-refractivity contribution in [1.29, 1.82) is 0 Å². The van der Waals surface area contributed by atoms with Crippen LogP contribution in [-0.2, 0) is 6.18 Å². The van der Waals surface area contributed by atoms with Gasteiger partial charge < -0.3 is 19.2 Å². The van der Waals surface area contributed by atoms with Gasteiger partial charge in [0, 0.05) is 12.1 Å². The Morgan fingerprint density at radius 2 is 1.87 bits per heavy atom. The van der Waals surface area contributed by atoms with E-state index >= 15 is 0 Å². The number of alkyl halides is 3. The minimum atomic E-state index is -4.59. The van der Waals surface area contributed by atoms with Gasteiger partial charge >= 0.3 is 35.7 Å². The molecule has 0 radical (unpaired) electrons. The minimum Gasteiger partial charge on any atom is -0.541 e. The van der Waals surface area contributed by atoms with Crippen LogP contribution in [0, 0.1) is 10.1 Å². The Balaban J connectivity index is 0.00000320. The first-order valence-corrected chi connectivity index (χ1v) is 7.95. The summed E-state index contributed by atoms with van der Waals surface area (Å²) >= 11 is 5.83. The van der Waals surface area contributed by atoms with Gasteiger partial charge in [-0.3, -0.25) is 10.1 Å². The Kier molecular flexibility index (Phi) is 7.14. The summed E-state index contributed by atoms with van der Waals surface area (Å²) in [6.07, 6.45) is -4.59. The molecule has 2 aromatic carbocycles. The van der Waals surface area contributed by atoms with Crippen LogP contribution in [0.1, 0.15) is 16.1 Å². The first-order valence-electron chi connectivity index (χ1n) is 7.57. The maximum Gasteiger partial charge on any atom is 1.00 e. The van der Waals surface area contributed by atoms with E-state index in [1.54, 1.807) is 0 Å². The van der Waals surface area contributed by atoms with Crippen LogP contribution in [0.3, 0.4) is 0 Å². The van der Waals surface area contributed by atoms with E-state index in [9.17, 15) is 33.2 Å². The SMILES string of the molecule is O=C([O-])c1cc(-c2cc(Oc3ccc(C(F)(F)F)cc3Cl)ccc2[N+](=O)[O-])no1.[Na+]. The van der Waals surface area contributed by atoms with Crippen molar-refractivity contribution in [3.05, 3.63) is 68.9 Å². The van der Waals surface area contributed by atoms with Crippen molar-refractivity contribution in [2.24, 2.45) is 0 Å². The van der Waals surface area contributed by atoms with E-state index < -0.39 is 34.1 Å². The number of aromatic carboxylic acids is 1. The first-order chi connectivity index (χ1) is 13.6. The molecule has 8 nitrogen and oxygen atoms in total. The zero-order valence-corrected chi connectivity index (χ0v) is 17.7. The van der Waals surface area contributed by atoms with Gasteiger partial charge in [0.05, 0.1) is 21.1 Å². The van der Waals surface area contributed by atoms with Gasteiger partial charge in [0.15, 0.2) is 5.76 Å². The van der Waals surface area contributed by atoms with Crippen molar-refractivity contribution in [2.45, 2.75) is 6.18 Å². The van der Waals surface area contributed by atoms with Gasteiger partial charge in [-0.15, -0.1) is 0 Å². The van der Waals surface area contributed by atoms with Crippen molar-refractivity contribution in [3.63, 3.8) is 0 Å². The minimum absolute atomic E-state index is 0. The normalized spacial score (nSPS) is 10.9. The average molecular weight is 451 g/mol. The molecule has 150 valence electrons. The summed E-state index contributed by atoms with van der Waals surface area (Å²) < 4.78 is 48.1. The first kappa shape index (κ1) is 23.7. The number of carbonyl (C=O) groups excluding carboxylic acids is 1. The number of ether oxygens (including phenoxy) is 1. The van der Waals surface area contributed by atoms with Crippen molar-refractivity contribution >= 4 is 23.3 Å². The number of carboxylic acid groups (broad SMARTS) is 1. The van der Waals surface area contributed by atoms with Crippen LogP contribution < -0.4 is 39.4 Å². The van der Waals surface area contributed by atoms with Crippen LogP contribution >= 0.6 is 11.6 Å². The average Bonchev–Trinajstić information content (AvgIpc) is 3.12. The number of carbonyl (C=O) groups is 1. The molecule has 30 heavy (non-hydrogen) atoms. The summed E-state index contributed by atoms with van der Waals surface area (Å²) in [6.45, 7) is 0. The number of halogens is 4. The van der Waals surface area contributed by atoms with Gasteiger partial charge in [0.1, 0.15) is 23.2 Å². The van der Waals surface area contributed by atoms with Crippen LogP contribution in [0.15, 0.2) is 47.0 Å². The van der Waals surface area contributed by atoms with Crippen molar-refractivity contribution in [2.75, 3.05) is 0 Å². The van der Waals surface area contributed by atoms with E-state index in [-0.39, 0.29) is 57.3 Å². The molecule has 0 aliphatic heterocycles. The van der Waals surface area contributed by atoms with Gasteiger partial charge in [-0.2, -0.15) is 13.2 Å². The maximum absolute atomic E-state index is 12.7. The number of rotatable bonds is 5. The Bertz CT molecular complexity index is 1120. The second kappa shape index (κ2) is 9.04. The number of aromatic nitrogens is 1. The standard InChI is InChI=1S/C17H8ClF3N2O6.Na/c18-11-5-8(17(19,20)21)1-4-14(11)28-9-2-3-13(23(26)27)10(6-9)12-7-15(16(24)25)29-22-12;/h1-7H,(H,24,25);/q;+1/p-1. The van der Waals surface area contributed by atoms with E-state index in [2.05, 4.69) is 9.68 Å². The molecular weight excluding hydrogens is 444 g/mol. The molecular formula is C17H7ClF3N2NaO6. The number of hydrogen-bond acceptors (Lipinski definition) is 7. The Morgan fingerprint density at radius 1 is 1.17 bits per heavy atom. The quantitative estimate of drug-likeness (QED) is 0.324. The predicted octanol–water partition coefficient (Wildman–Crippen LogP) is 1.08. The Morgan fingerprint density at radius 3 is 2.40 bits per heavy atom. The molecule has 3 aromatic rings. The molecule has 0 N–H and O–H groups in total. The molecule has 0 aliphatic carbocycles. The third-order valence-corrected chi connectivity index (χ3v) is 3.93. The molecule has 0 atom stereocenters. The van der Waals surface area contributed by atoms with Gasteiger partial charge in [-0.05, 0) is 30.3 Å². The zero-order valence-electron chi connectivity index (χ0n) is 14.9. The van der Waals surface area contributed by atoms with Crippen LogP contribution in [-0.4, -0.2) is 16.0 Å². The summed E-state index contributed by atoms with van der Waals surface area (Å²) in [6, 6.07) is 6.74. The second-order valence-corrected chi connectivity index (χ2v) is 5.95. The van der Waals surface area contributed by atoms with Crippen molar-refractivity contribution < 1.29 is 66.8 Å². The predicted molar refractivity (Wildman–Crippen MR) is 89.5 cm³/mol. The van der Waals surface area contributed by atoms with Gasteiger partial charge in [0.2, 0.25) is 0 Å². The molecule has 0 saturated heterocycles. The smallest absolute Gasteiger partial charge is 0.541 e. The molecule has 0 aliphatic rings. The Labute approximate surface area is 192 Å². The summed E-state index contributed by atoms with van der Waals surface area (Å²) in [5.74, 6) is -2.47. The largest absolute Gasteiger partial charge is 1.00 e. The van der Waals surface area contributed by atoms with E-state index in [0.717, 1.165) is 30.3 Å². The van der Waals surface area contributed by atoms with Crippen LogP contribution in [0.2, 0.25) is 5.02 Å². The number of nitrogens with zero attached hydrogens (tertiary/aromatic N) is 2. The third kappa shape index (κ3) is 5.11. The van der Waals surface area contributed by atoms with Crippen LogP contribution in [0.4, 0.5) is 18.9 Å². The number of benzene rings is 2. The molecule has 0 amide bonds. The van der Waals surface area contributed by atoms with E-state index in [4.69, 9.17) is 16.3 Å². The third-order valence-electron chi connectivity index (χ3n) is 3.64. The van der Waals surface area contributed by atoms with Crippen molar-refractivity contribution in [1.82, 2.24) is 5.16 Å². The van der Waals surface area contributed by atoms with Crippen molar-refractivity contribution in [3.8, 4) is 22.8 Å². The molecule has 0 fully saturated rings. The summed E-state index contributed by atoms with van der Waals surface area (Å²) in [5.41, 5.74) is -1.74. The fourth-order valence-electron chi connectivity index (χ4n) is 2.33. The summed E-state index contributed by atoms with van der Waals surface area (Å²) in [4.78, 5) is 21.3. The monoisotopic (exact) mass is 450 g/mol. The zero-order chi connectivity index (χ0) is 21.3. The molecule has 1 heterocycles. The molecule has 13 heteroatoms. The fourth-order valence-corrected chi connectivity index (χ4v) is 2.55. The topological polar surface area (TPSA) is 119 Å².